The Balaban J connectivity index is 1.52. The standard InChI is InChI=1S/C19H19FN2O3S/c20-17-7-1-2-8-18(17)25-11-9-21-19(23)22(13-15-5-3-10-24-15)14-16-6-4-12-26-16/h1-8,10,12H,9,11,13-14H2,(H,21,23). The van der Waals surface area contributed by atoms with Crippen molar-refractivity contribution in [3.63, 3.8) is 0 Å². The number of urea groups is 1. The molecule has 0 bridgehead atoms. The number of carbonyl (C=O) groups is 1. The van der Waals surface area contributed by atoms with Gasteiger partial charge in [-0.2, -0.15) is 0 Å². The Morgan fingerprint density at radius 1 is 1.15 bits per heavy atom. The molecule has 2 aromatic heterocycles. The molecule has 0 spiro atoms. The van der Waals surface area contributed by atoms with Crippen LogP contribution in [-0.4, -0.2) is 24.1 Å². The van der Waals surface area contributed by atoms with Crippen molar-refractivity contribution in [2.45, 2.75) is 13.1 Å². The molecule has 136 valence electrons. The van der Waals surface area contributed by atoms with E-state index in [9.17, 15) is 9.18 Å². The van der Waals surface area contributed by atoms with Crippen molar-refractivity contribution in [2.24, 2.45) is 0 Å². The molecule has 0 aliphatic carbocycles. The van der Waals surface area contributed by atoms with Crippen LogP contribution in [0.2, 0.25) is 0 Å². The van der Waals surface area contributed by atoms with E-state index in [1.165, 1.54) is 6.07 Å². The van der Waals surface area contributed by atoms with Crippen LogP contribution < -0.4 is 10.1 Å². The fourth-order valence-electron chi connectivity index (χ4n) is 2.37. The van der Waals surface area contributed by atoms with E-state index in [1.54, 1.807) is 46.8 Å². The van der Waals surface area contributed by atoms with Crippen LogP contribution in [0, 0.1) is 5.82 Å². The van der Waals surface area contributed by atoms with E-state index in [4.69, 9.17) is 9.15 Å². The number of hydrogen-bond donors (Lipinski definition) is 1. The monoisotopic (exact) mass is 374 g/mol. The Labute approximate surface area is 155 Å². The van der Waals surface area contributed by atoms with E-state index >= 15 is 0 Å². The molecule has 0 aliphatic heterocycles. The van der Waals surface area contributed by atoms with E-state index < -0.39 is 5.82 Å². The van der Waals surface area contributed by atoms with Gasteiger partial charge in [0.15, 0.2) is 11.6 Å². The second-order valence-electron chi connectivity index (χ2n) is 5.53. The smallest absolute Gasteiger partial charge is 0.318 e. The van der Waals surface area contributed by atoms with Crippen LogP contribution in [0.15, 0.2) is 64.6 Å². The second kappa shape index (κ2) is 9.05. The number of thiophene rings is 1. The SMILES string of the molecule is O=C(NCCOc1ccccc1F)N(Cc1ccco1)Cc1cccs1. The van der Waals surface area contributed by atoms with Gasteiger partial charge in [0.05, 0.1) is 25.9 Å². The first kappa shape index (κ1) is 18.0. The molecule has 0 fully saturated rings. The third kappa shape index (κ3) is 5.10. The van der Waals surface area contributed by atoms with E-state index in [1.807, 2.05) is 23.6 Å². The lowest BCUT2D eigenvalue weighted by molar-refractivity contribution is 0.185. The Bertz CT molecular complexity index is 770. The molecule has 2 heterocycles. The van der Waals surface area contributed by atoms with Crippen molar-refractivity contribution in [1.82, 2.24) is 10.2 Å². The summed E-state index contributed by atoms with van der Waals surface area (Å²) in [6, 6.07) is 13.5. The number of halogens is 1. The summed E-state index contributed by atoms with van der Waals surface area (Å²) in [7, 11) is 0. The molecule has 0 radical (unpaired) electrons. The van der Waals surface area contributed by atoms with E-state index in [-0.39, 0.29) is 24.9 Å². The number of furan rings is 1. The number of benzene rings is 1. The quantitative estimate of drug-likeness (QED) is 0.599. The first-order valence-corrected chi connectivity index (χ1v) is 9.05. The normalized spacial score (nSPS) is 10.5. The third-order valence-corrected chi connectivity index (χ3v) is 4.47. The van der Waals surface area contributed by atoms with Crippen LogP contribution in [0.5, 0.6) is 5.75 Å². The third-order valence-electron chi connectivity index (χ3n) is 3.61. The van der Waals surface area contributed by atoms with E-state index in [2.05, 4.69) is 5.32 Å². The van der Waals surface area contributed by atoms with Crippen LogP contribution in [0.25, 0.3) is 0 Å². The lowest BCUT2D eigenvalue weighted by atomic mass is 10.3. The first-order valence-electron chi connectivity index (χ1n) is 8.17. The Morgan fingerprint density at radius 2 is 2.04 bits per heavy atom. The summed E-state index contributed by atoms with van der Waals surface area (Å²) in [4.78, 5) is 15.3. The molecule has 0 saturated heterocycles. The minimum atomic E-state index is -0.420. The molecule has 3 aromatic rings. The summed E-state index contributed by atoms with van der Waals surface area (Å²) in [5.74, 6) is 0.461. The molecule has 2 amide bonds. The topological polar surface area (TPSA) is 54.7 Å². The van der Waals surface area contributed by atoms with Gasteiger partial charge < -0.3 is 19.4 Å². The highest BCUT2D eigenvalue weighted by Crippen LogP contribution is 2.16. The maximum atomic E-state index is 13.5. The molecule has 3 rings (SSSR count). The van der Waals surface area contributed by atoms with Crippen LogP contribution in [0.4, 0.5) is 9.18 Å². The van der Waals surface area contributed by atoms with Gasteiger partial charge >= 0.3 is 6.03 Å². The summed E-state index contributed by atoms with van der Waals surface area (Å²) >= 11 is 1.59. The van der Waals surface area contributed by atoms with Gasteiger partial charge in [0.2, 0.25) is 0 Å². The maximum Gasteiger partial charge on any atom is 0.318 e. The lowest BCUT2D eigenvalue weighted by Crippen LogP contribution is -2.40. The molecule has 5 nitrogen and oxygen atoms in total. The largest absolute Gasteiger partial charge is 0.489 e. The molecule has 0 atom stereocenters. The highest BCUT2D eigenvalue weighted by atomic mass is 32.1. The Hall–Kier alpha value is -2.80. The number of carbonyl (C=O) groups excluding carboxylic acids is 1. The van der Waals surface area contributed by atoms with Crippen molar-refractivity contribution in [2.75, 3.05) is 13.2 Å². The highest BCUT2D eigenvalue weighted by molar-refractivity contribution is 7.09. The molecular weight excluding hydrogens is 355 g/mol. The zero-order chi connectivity index (χ0) is 18.2. The minimum Gasteiger partial charge on any atom is -0.489 e. The van der Waals surface area contributed by atoms with Crippen LogP contribution >= 0.6 is 11.3 Å². The van der Waals surface area contributed by atoms with Crippen molar-refractivity contribution < 1.29 is 18.3 Å². The van der Waals surface area contributed by atoms with Crippen molar-refractivity contribution in [3.05, 3.63) is 76.6 Å². The zero-order valence-corrected chi connectivity index (χ0v) is 14.9. The highest BCUT2D eigenvalue weighted by Gasteiger charge is 2.16. The van der Waals surface area contributed by atoms with Crippen LogP contribution in [-0.2, 0) is 13.1 Å². The second-order valence-corrected chi connectivity index (χ2v) is 6.56. The van der Waals surface area contributed by atoms with Gasteiger partial charge in [-0.3, -0.25) is 0 Å². The number of amides is 2. The predicted octanol–water partition coefficient (Wildman–Crippen LogP) is 4.27. The molecule has 1 N–H and O–H groups in total. The van der Waals surface area contributed by atoms with Gasteiger partial charge in [0.25, 0.3) is 0 Å². The molecular formula is C19H19FN2O3S. The number of ether oxygens (including phenoxy) is 1. The number of hydrogen-bond acceptors (Lipinski definition) is 4. The average molecular weight is 374 g/mol. The summed E-state index contributed by atoms with van der Waals surface area (Å²) in [6.07, 6.45) is 1.58. The average Bonchev–Trinajstić information content (AvgIpc) is 3.33. The van der Waals surface area contributed by atoms with Gasteiger partial charge in [-0.05, 0) is 35.7 Å². The number of rotatable bonds is 8. The van der Waals surface area contributed by atoms with Crippen LogP contribution in [0.1, 0.15) is 10.6 Å². The van der Waals surface area contributed by atoms with E-state index in [0.29, 0.717) is 18.8 Å². The molecule has 26 heavy (non-hydrogen) atoms. The molecule has 0 unspecified atom stereocenters. The Kier molecular flexibility index (Phi) is 6.27. The Morgan fingerprint density at radius 3 is 2.77 bits per heavy atom. The minimum absolute atomic E-state index is 0.174. The lowest BCUT2D eigenvalue weighted by Gasteiger charge is -2.21. The van der Waals surface area contributed by atoms with E-state index in [0.717, 1.165) is 4.88 Å². The number of para-hydroxylation sites is 1. The van der Waals surface area contributed by atoms with Gasteiger partial charge in [0.1, 0.15) is 12.4 Å². The maximum absolute atomic E-state index is 13.5. The molecule has 7 heteroatoms. The van der Waals surface area contributed by atoms with Gasteiger partial charge in [-0.25, -0.2) is 9.18 Å². The molecule has 0 aliphatic rings. The summed E-state index contributed by atoms with van der Waals surface area (Å²) in [6.45, 7) is 1.30. The molecule has 0 saturated carbocycles. The number of nitrogens with one attached hydrogen (secondary N) is 1. The van der Waals surface area contributed by atoms with Crippen molar-refractivity contribution in [1.29, 1.82) is 0 Å². The molecule has 1 aromatic carbocycles. The summed E-state index contributed by atoms with van der Waals surface area (Å²) in [5.41, 5.74) is 0. The first-order chi connectivity index (χ1) is 12.7. The fraction of sp³-hybridized carbons (Fsp3) is 0.211. The van der Waals surface area contributed by atoms with Gasteiger partial charge in [0, 0.05) is 4.88 Å². The van der Waals surface area contributed by atoms with Gasteiger partial charge in [-0.15, -0.1) is 11.3 Å². The fourth-order valence-corrected chi connectivity index (χ4v) is 3.09. The zero-order valence-electron chi connectivity index (χ0n) is 14.1. The summed E-state index contributed by atoms with van der Waals surface area (Å²) in [5, 5.41) is 4.77. The predicted molar refractivity (Wildman–Crippen MR) is 97.6 cm³/mol. The summed E-state index contributed by atoms with van der Waals surface area (Å²) < 4.78 is 24.2. The van der Waals surface area contributed by atoms with Crippen molar-refractivity contribution >= 4 is 17.4 Å². The van der Waals surface area contributed by atoms with Crippen molar-refractivity contribution in [3.8, 4) is 5.75 Å². The number of nitrogens with zero attached hydrogens (tertiary/aromatic N) is 1. The van der Waals surface area contributed by atoms with Gasteiger partial charge in [-0.1, -0.05) is 18.2 Å². The van der Waals surface area contributed by atoms with Crippen LogP contribution in [0.3, 0.4) is 0 Å².